The monoisotopic (exact) mass is 267 g/mol. The number of nitriles is 1. The Labute approximate surface area is 96.8 Å². The van der Waals surface area contributed by atoms with Crippen LogP contribution in [0.25, 0.3) is 0 Å². The van der Waals surface area contributed by atoms with Crippen molar-refractivity contribution < 1.29 is 9.53 Å². The minimum atomic E-state index is -0.394. The van der Waals surface area contributed by atoms with Gasteiger partial charge in [0.05, 0.1) is 18.2 Å². The molecule has 0 saturated heterocycles. The Morgan fingerprint density at radius 2 is 2.27 bits per heavy atom. The number of halogens is 1. The summed E-state index contributed by atoms with van der Waals surface area (Å²) in [4.78, 5) is 11.3. The van der Waals surface area contributed by atoms with Gasteiger partial charge in [0.25, 0.3) is 0 Å². The number of esters is 1. The molecule has 0 aliphatic heterocycles. The molecule has 1 aromatic rings. The van der Waals surface area contributed by atoms with Crippen molar-refractivity contribution in [3.63, 3.8) is 0 Å². The Bertz CT molecular complexity index is 435. The topological polar surface area (TPSA) is 50.1 Å². The van der Waals surface area contributed by atoms with Gasteiger partial charge in [-0.3, -0.25) is 0 Å². The SMILES string of the molecule is CCc1cc(C(=O)OC)cc(Br)c1C#N. The first kappa shape index (κ1) is 11.7. The third kappa shape index (κ3) is 2.37. The van der Waals surface area contributed by atoms with E-state index in [0.717, 1.165) is 5.56 Å². The molecule has 0 saturated carbocycles. The van der Waals surface area contributed by atoms with E-state index in [9.17, 15) is 4.79 Å². The van der Waals surface area contributed by atoms with Crippen molar-refractivity contribution in [1.82, 2.24) is 0 Å². The Hall–Kier alpha value is -1.34. The van der Waals surface area contributed by atoms with Crippen LogP contribution in [0.4, 0.5) is 0 Å². The summed E-state index contributed by atoms with van der Waals surface area (Å²) in [7, 11) is 1.33. The second-order valence-electron chi connectivity index (χ2n) is 2.95. The molecule has 0 bridgehead atoms. The molecule has 3 nitrogen and oxygen atoms in total. The molecule has 0 aromatic heterocycles. The van der Waals surface area contributed by atoms with Gasteiger partial charge in [0.15, 0.2) is 0 Å². The molecule has 0 heterocycles. The normalized spacial score (nSPS) is 9.47. The fourth-order valence-corrected chi connectivity index (χ4v) is 1.89. The molecule has 15 heavy (non-hydrogen) atoms. The maximum atomic E-state index is 11.3. The van der Waals surface area contributed by atoms with Crippen LogP contribution >= 0.6 is 15.9 Å². The molecule has 1 rings (SSSR count). The highest BCUT2D eigenvalue weighted by Crippen LogP contribution is 2.23. The molecule has 78 valence electrons. The van der Waals surface area contributed by atoms with Crippen LogP contribution in [0.2, 0.25) is 0 Å². The van der Waals surface area contributed by atoms with Crippen LogP contribution in [0, 0.1) is 11.3 Å². The summed E-state index contributed by atoms with van der Waals surface area (Å²) in [5, 5.41) is 8.92. The number of benzene rings is 1. The summed E-state index contributed by atoms with van der Waals surface area (Å²) in [6.45, 7) is 1.93. The summed E-state index contributed by atoms with van der Waals surface area (Å²) < 4.78 is 5.25. The van der Waals surface area contributed by atoms with Crippen molar-refractivity contribution in [3.8, 4) is 6.07 Å². The number of aryl methyl sites for hydroxylation is 1. The zero-order valence-corrected chi connectivity index (χ0v) is 10.1. The van der Waals surface area contributed by atoms with Crippen molar-refractivity contribution in [2.75, 3.05) is 7.11 Å². The van der Waals surface area contributed by atoms with Gasteiger partial charge >= 0.3 is 5.97 Å². The van der Waals surface area contributed by atoms with Gasteiger partial charge in [-0.2, -0.15) is 5.26 Å². The maximum Gasteiger partial charge on any atom is 0.337 e. The van der Waals surface area contributed by atoms with Crippen molar-refractivity contribution in [1.29, 1.82) is 5.26 Å². The molecule has 0 N–H and O–H groups in total. The standard InChI is InChI=1S/C11H10BrNO2/c1-3-7-4-8(11(14)15-2)5-10(12)9(7)6-13/h4-5H,3H2,1-2H3. The second kappa shape index (κ2) is 4.94. The Morgan fingerprint density at radius 3 is 2.73 bits per heavy atom. The molecule has 4 heteroatoms. The summed E-state index contributed by atoms with van der Waals surface area (Å²) >= 11 is 3.27. The van der Waals surface area contributed by atoms with Crippen molar-refractivity contribution in [3.05, 3.63) is 33.3 Å². The highest BCUT2D eigenvalue weighted by molar-refractivity contribution is 9.10. The van der Waals surface area contributed by atoms with Gasteiger partial charge in [0, 0.05) is 4.47 Å². The summed E-state index contributed by atoms with van der Waals surface area (Å²) in [5.41, 5.74) is 1.87. The lowest BCUT2D eigenvalue weighted by molar-refractivity contribution is 0.0600. The van der Waals surface area contributed by atoms with Gasteiger partial charge in [0.2, 0.25) is 0 Å². The predicted molar refractivity (Wildman–Crippen MR) is 59.6 cm³/mol. The summed E-state index contributed by atoms with van der Waals surface area (Å²) in [5.74, 6) is -0.394. The highest BCUT2D eigenvalue weighted by Gasteiger charge is 2.12. The number of carbonyl (C=O) groups excluding carboxylic acids is 1. The van der Waals surface area contributed by atoms with Crippen molar-refractivity contribution >= 4 is 21.9 Å². The van der Waals surface area contributed by atoms with E-state index in [0.29, 0.717) is 22.0 Å². The third-order valence-corrected chi connectivity index (χ3v) is 2.71. The zero-order valence-electron chi connectivity index (χ0n) is 8.50. The number of ether oxygens (including phenoxy) is 1. The molecule has 0 fully saturated rings. The Kier molecular flexibility index (Phi) is 3.87. The molecule has 0 aliphatic rings. The van der Waals surface area contributed by atoms with Crippen LogP contribution in [0.3, 0.4) is 0 Å². The van der Waals surface area contributed by atoms with Gasteiger partial charge in [0.1, 0.15) is 6.07 Å². The molecule has 0 radical (unpaired) electrons. The second-order valence-corrected chi connectivity index (χ2v) is 3.80. The first-order valence-electron chi connectivity index (χ1n) is 4.44. The first-order valence-corrected chi connectivity index (χ1v) is 5.24. The lowest BCUT2D eigenvalue weighted by Crippen LogP contribution is -2.03. The molecular formula is C11H10BrNO2. The number of hydrogen-bond donors (Lipinski definition) is 0. The number of hydrogen-bond acceptors (Lipinski definition) is 3. The molecule has 0 amide bonds. The minimum absolute atomic E-state index is 0.394. The molecule has 0 unspecified atom stereocenters. The van der Waals surface area contributed by atoms with Gasteiger partial charge in [-0.05, 0) is 40.0 Å². The molecule has 0 atom stereocenters. The van der Waals surface area contributed by atoms with E-state index in [2.05, 4.69) is 26.7 Å². The fraction of sp³-hybridized carbons (Fsp3) is 0.273. The summed E-state index contributed by atoms with van der Waals surface area (Å²) in [6, 6.07) is 5.39. The van der Waals surface area contributed by atoms with E-state index < -0.39 is 5.97 Å². The number of rotatable bonds is 2. The molecular weight excluding hydrogens is 258 g/mol. The lowest BCUT2D eigenvalue weighted by atomic mass is 10.0. The van der Waals surface area contributed by atoms with E-state index in [1.165, 1.54) is 7.11 Å². The van der Waals surface area contributed by atoms with Crippen molar-refractivity contribution in [2.45, 2.75) is 13.3 Å². The van der Waals surface area contributed by atoms with Gasteiger partial charge in [-0.25, -0.2) is 4.79 Å². The maximum absolute atomic E-state index is 11.3. The quantitative estimate of drug-likeness (QED) is 0.775. The molecule has 1 aromatic carbocycles. The van der Waals surface area contributed by atoms with E-state index in [1.807, 2.05) is 6.92 Å². The number of nitrogens with zero attached hydrogens (tertiary/aromatic N) is 1. The van der Waals surface area contributed by atoms with E-state index in [4.69, 9.17) is 5.26 Å². The fourth-order valence-electron chi connectivity index (χ4n) is 1.30. The smallest absolute Gasteiger partial charge is 0.337 e. The van der Waals surface area contributed by atoms with Crippen LogP contribution in [0.1, 0.15) is 28.4 Å². The Balaban J connectivity index is 3.33. The minimum Gasteiger partial charge on any atom is -0.465 e. The average molecular weight is 268 g/mol. The van der Waals surface area contributed by atoms with Crippen LogP contribution < -0.4 is 0 Å². The van der Waals surface area contributed by atoms with E-state index in [-0.39, 0.29) is 0 Å². The molecule has 0 spiro atoms. The van der Waals surface area contributed by atoms with Gasteiger partial charge < -0.3 is 4.74 Å². The Morgan fingerprint density at radius 1 is 1.60 bits per heavy atom. The third-order valence-electron chi connectivity index (χ3n) is 2.09. The highest BCUT2D eigenvalue weighted by atomic mass is 79.9. The summed E-state index contributed by atoms with van der Waals surface area (Å²) in [6.07, 6.45) is 0.701. The first-order chi connectivity index (χ1) is 7.13. The average Bonchev–Trinajstić information content (AvgIpc) is 2.26. The largest absolute Gasteiger partial charge is 0.465 e. The zero-order chi connectivity index (χ0) is 11.4. The van der Waals surface area contributed by atoms with Gasteiger partial charge in [-0.15, -0.1) is 0 Å². The van der Waals surface area contributed by atoms with Gasteiger partial charge in [-0.1, -0.05) is 6.92 Å². The van der Waals surface area contributed by atoms with Crippen LogP contribution in [0.5, 0.6) is 0 Å². The lowest BCUT2D eigenvalue weighted by Gasteiger charge is -2.06. The van der Waals surface area contributed by atoms with Crippen LogP contribution in [-0.4, -0.2) is 13.1 Å². The molecule has 0 aliphatic carbocycles. The number of methoxy groups -OCH3 is 1. The van der Waals surface area contributed by atoms with Crippen molar-refractivity contribution in [2.24, 2.45) is 0 Å². The van der Waals surface area contributed by atoms with Crippen LogP contribution in [0.15, 0.2) is 16.6 Å². The van der Waals surface area contributed by atoms with E-state index >= 15 is 0 Å². The predicted octanol–water partition coefficient (Wildman–Crippen LogP) is 2.67. The number of carbonyl (C=O) groups is 1. The van der Waals surface area contributed by atoms with E-state index in [1.54, 1.807) is 12.1 Å². The van der Waals surface area contributed by atoms with Crippen LogP contribution in [-0.2, 0) is 11.2 Å².